The Morgan fingerprint density at radius 1 is 1.30 bits per heavy atom. The van der Waals surface area contributed by atoms with Crippen LogP contribution in [0.5, 0.6) is 0 Å². The van der Waals surface area contributed by atoms with Crippen LogP contribution in [0.2, 0.25) is 0 Å². The van der Waals surface area contributed by atoms with Crippen LogP contribution in [0, 0.1) is 11.3 Å². The standard InChI is InChI=1S/C9H14O/c1-8(2)9(7-10)5-3-4-6-9/h3-6,8,10H,7H2,1-2H3. The lowest BCUT2D eigenvalue weighted by atomic mass is 9.80. The van der Waals surface area contributed by atoms with Gasteiger partial charge in [0.25, 0.3) is 0 Å². The summed E-state index contributed by atoms with van der Waals surface area (Å²) >= 11 is 0. The van der Waals surface area contributed by atoms with Gasteiger partial charge in [0.05, 0.1) is 6.61 Å². The second-order valence-electron chi connectivity index (χ2n) is 3.14. The third-order valence-electron chi connectivity index (χ3n) is 2.27. The van der Waals surface area contributed by atoms with Gasteiger partial charge in [-0.2, -0.15) is 0 Å². The lowest BCUT2D eigenvalue weighted by Crippen LogP contribution is -2.25. The van der Waals surface area contributed by atoms with E-state index in [0.29, 0.717) is 5.92 Å². The maximum Gasteiger partial charge on any atom is 0.0559 e. The van der Waals surface area contributed by atoms with E-state index in [1.165, 1.54) is 0 Å². The molecule has 0 aromatic rings. The zero-order valence-electron chi connectivity index (χ0n) is 6.54. The molecule has 0 saturated heterocycles. The Morgan fingerprint density at radius 2 is 1.80 bits per heavy atom. The lowest BCUT2D eigenvalue weighted by Gasteiger charge is -2.26. The molecule has 0 spiro atoms. The predicted molar refractivity (Wildman–Crippen MR) is 42.6 cm³/mol. The number of hydrogen-bond donors (Lipinski definition) is 1. The molecule has 1 aliphatic carbocycles. The van der Waals surface area contributed by atoms with Crippen LogP contribution in [0.15, 0.2) is 24.3 Å². The number of hydrogen-bond acceptors (Lipinski definition) is 1. The summed E-state index contributed by atoms with van der Waals surface area (Å²) in [6.45, 7) is 4.46. The summed E-state index contributed by atoms with van der Waals surface area (Å²) in [6.07, 6.45) is 8.13. The van der Waals surface area contributed by atoms with Crippen LogP contribution in [0.25, 0.3) is 0 Å². The molecule has 1 heteroatoms. The number of rotatable bonds is 2. The molecule has 1 rings (SSSR count). The molecule has 0 heterocycles. The second-order valence-corrected chi connectivity index (χ2v) is 3.14. The minimum absolute atomic E-state index is 0.0694. The molecule has 0 atom stereocenters. The number of aliphatic hydroxyl groups is 1. The van der Waals surface area contributed by atoms with Crippen molar-refractivity contribution in [1.82, 2.24) is 0 Å². The van der Waals surface area contributed by atoms with E-state index >= 15 is 0 Å². The van der Waals surface area contributed by atoms with E-state index in [0.717, 1.165) is 0 Å². The average Bonchev–Trinajstić information content (AvgIpc) is 2.35. The highest BCUT2D eigenvalue weighted by Crippen LogP contribution is 2.33. The fraction of sp³-hybridized carbons (Fsp3) is 0.556. The fourth-order valence-corrected chi connectivity index (χ4v) is 1.20. The monoisotopic (exact) mass is 138 g/mol. The van der Waals surface area contributed by atoms with Gasteiger partial charge in [-0.05, 0) is 5.92 Å². The summed E-state index contributed by atoms with van der Waals surface area (Å²) in [5.41, 5.74) is -0.0694. The first kappa shape index (κ1) is 7.55. The third kappa shape index (κ3) is 1.01. The van der Waals surface area contributed by atoms with Crippen LogP contribution < -0.4 is 0 Å². The Hall–Kier alpha value is -0.560. The molecule has 0 bridgehead atoms. The van der Waals surface area contributed by atoms with E-state index in [1.54, 1.807) is 0 Å². The van der Waals surface area contributed by atoms with Gasteiger partial charge in [-0.3, -0.25) is 0 Å². The van der Waals surface area contributed by atoms with Gasteiger partial charge in [-0.1, -0.05) is 38.2 Å². The predicted octanol–water partition coefficient (Wildman–Crippen LogP) is 1.75. The van der Waals surface area contributed by atoms with Gasteiger partial charge in [0.2, 0.25) is 0 Å². The smallest absolute Gasteiger partial charge is 0.0559 e. The van der Waals surface area contributed by atoms with E-state index < -0.39 is 0 Å². The Labute approximate surface area is 62.1 Å². The van der Waals surface area contributed by atoms with Crippen LogP contribution in [0.3, 0.4) is 0 Å². The van der Waals surface area contributed by atoms with Crippen molar-refractivity contribution in [3.8, 4) is 0 Å². The zero-order valence-corrected chi connectivity index (χ0v) is 6.54. The topological polar surface area (TPSA) is 20.2 Å². The Balaban J connectivity index is 2.79. The molecule has 1 aliphatic rings. The summed E-state index contributed by atoms with van der Waals surface area (Å²) in [5, 5.41) is 9.08. The van der Waals surface area contributed by atoms with Gasteiger partial charge >= 0.3 is 0 Å². The zero-order chi connectivity index (χ0) is 7.61. The lowest BCUT2D eigenvalue weighted by molar-refractivity contribution is 0.167. The van der Waals surface area contributed by atoms with Gasteiger partial charge in [0.1, 0.15) is 0 Å². The molecule has 56 valence electrons. The van der Waals surface area contributed by atoms with Gasteiger partial charge in [0, 0.05) is 5.41 Å². The van der Waals surface area contributed by atoms with Crippen LogP contribution in [-0.2, 0) is 0 Å². The molecule has 10 heavy (non-hydrogen) atoms. The SMILES string of the molecule is CC(C)C1(CO)C=CC=C1. The van der Waals surface area contributed by atoms with Crippen molar-refractivity contribution in [3.63, 3.8) is 0 Å². The van der Waals surface area contributed by atoms with E-state index in [2.05, 4.69) is 26.0 Å². The van der Waals surface area contributed by atoms with Gasteiger partial charge in [-0.25, -0.2) is 0 Å². The molecule has 0 aromatic carbocycles. The van der Waals surface area contributed by atoms with Gasteiger partial charge in [-0.15, -0.1) is 0 Å². The molecule has 1 N–H and O–H groups in total. The molecule has 0 unspecified atom stereocenters. The maximum atomic E-state index is 9.08. The first-order valence-electron chi connectivity index (χ1n) is 3.69. The van der Waals surface area contributed by atoms with Crippen LogP contribution in [-0.4, -0.2) is 11.7 Å². The number of allylic oxidation sites excluding steroid dienone is 2. The molecular formula is C9H14O. The van der Waals surface area contributed by atoms with Crippen molar-refractivity contribution in [3.05, 3.63) is 24.3 Å². The third-order valence-corrected chi connectivity index (χ3v) is 2.27. The Kier molecular flexibility index (Phi) is 1.95. The Morgan fingerprint density at radius 3 is 2.00 bits per heavy atom. The largest absolute Gasteiger partial charge is 0.395 e. The molecule has 0 aromatic heterocycles. The molecule has 0 aliphatic heterocycles. The summed E-state index contributed by atoms with van der Waals surface area (Å²) in [7, 11) is 0. The molecule has 0 amide bonds. The van der Waals surface area contributed by atoms with Crippen LogP contribution >= 0.6 is 0 Å². The first-order chi connectivity index (χ1) is 4.71. The summed E-state index contributed by atoms with van der Waals surface area (Å²) in [5.74, 6) is 0.479. The molecular weight excluding hydrogens is 124 g/mol. The second kappa shape index (κ2) is 2.59. The van der Waals surface area contributed by atoms with Crippen LogP contribution in [0.1, 0.15) is 13.8 Å². The highest BCUT2D eigenvalue weighted by atomic mass is 16.3. The minimum Gasteiger partial charge on any atom is -0.395 e. The van der Waals surface area contributed by atoms with E-state index in [-0.39, 0.29) is 12.0 Å². The van der Waals surface area contributed by atoms with Gasteiger partial charge < -0.3 is 5.11 Å². The van der Waals surface area contributed by atoms with Crippen molar-refractivity contribution < 1.29 is 5.11 Å². The number of aliphatic hydroxyl groups excluding tert-OH is 1. The van der Waals surface area contributed by atoms with Crippen molar-refractivity contribution in [2.75, 3.05) is 6.61 Å². The molecule has 1 nitrogen and oxygen atoms in total. The molecule has 0 fully saturated rings. The van der Waals surface area contributed by atoms with Crippen molar-refractivity contribution in [1.29, 1.82) is 0 Å². The van der Waals surface area contributed by atoms with Gasteiger partial charge in [0.15, 0.2) is 0 Å². The van der Waals surface area contributed by atoms with Crippen molar-refractivity contribution in [2.24, 2.45) is 11.3 Å². The summed E-state index contributed by atoms with van der Waals surface area (Å²) in [6, 6.07) is 0. The molecule has 0 saturated carbocycles. The summed E-state index contributed by atoms with van der Waals surface area (Å²) < 4.78 is 0. The highest BCUT2D eigenvalue weighted by Gasteiger charge is 2.28. The van der Waals surface area contributed by atoms with Crippen LogP contribution in [0.4, 0.5) is 0 Å². The van der Waals surface area contributed by atoms with E-state index in [1.807, 2.05) is 12.2 Å². The first-order valence-corrected chi connectivity index (χ1v) is 3.69. The molecule has 0 radical (unpaired) electrons. The average molecular weight is 138 g/mol. The summed E-state index contributed by atoms with van der Waals surface area (Å²) in [4.78, 5) is 0. The van der Waals surface area contributed by atoms with E-state index in [4.69, 9.17) is 5.11 Å². The van der Waals surface area contributed by atoms with Crippen molar-refractivity contribution in [2.45, 2.75) is 13.8 Å². The Bertz CT molecular complexity index is 154. The minimum atomic E-state index is -0.0694. The maximum absolute atomic E-state index is 9.08. The fourth-order valence-electron chi connectivity index (χ4n) is 1.20. The normalized spacial score (nSPS) is 20.8. The quantitative estimate of drug-likeness (QED) is 0.616. The van der Waals surface area contributed by atoms with E-state index in [9.17, 15) is 0 Å². The highest BCUT2D eigenvalue weighted by molar-refractivity contribution is 5.25. The van der Waals surface area contributed by atoms with Crippen molar-refractivity contribution >= 4 is 0 Å².